The Bertz CT molecular complexity index is 450. The highest BCUT2D eigenvalue weighted by atomic mass is 127. The molecule has 1 aromatic heterocycles. The van der Waals surface area contributed by atoms with Gasteiger partial charge >= 0.3 is 0 Å². The van der Waals surface area contributed by atoms with Crippen molar-refractivity contribution in [3.63, 3.8) is 0 Å². The zero-order valence-corrected chi connectivity index (χ0v) is 12.1. The lowest BCUT2D eigenvalue weighted by Crippen LogP contribution is -2.22. The Morgan fingerprint density at radius 3 is 2.35 bits per heavy atom. The maximum Gasteiger partial charge on any atom is 0.0534 e. The van der Waals surface area contributed by atoms with Crippen LogP contribution in [0.25, 0.3) is 0 Å². The summed E-state index contributed by atoms with van der Waals surface area (Å²) >= 11 is 2.32. The van der Waals surface area contributed by atoms with Crippen LogP contribution < -0.4 is 5.32 Å². The second-order valence-electron chi connectivity index (χ2n) is 4.19. The predicted molar refractivity (Wildman–Crippen MR) is 77.7 cm³/mol. The standard InChI is InChI=1S/C13H16IN3/c1-9(11-3-5-13(14)6-4-11)17-10(2)12-7-15-16-8-12/h3-10,17H,1-2H3,(H,15,16). The highest BCUT2D eigenvalue weighted by molar-refractivity contribution is 14.1. The van der Waals surface area contributed by atoms with Crippen molar-refractivity contribution >= 4 is 22.6 Å². The molecule has 2 N–H and O–H groups in total. The van der Waals surface area contributed by atoms with Crippen molar-refractivity contribution in [1.29, 1.82) is 0 Å². The Kier molecular flexibility index (Phi) is 4.17. The molecule has 1 aromatic carbocycles. The molecule has 1 heterocycles. The highest BCUT2D eigenvalue weighted by Gasteiger charge is 2.11. The zero-order chi connectivity index (χ0) is 12.3. The lowest BCUT2D eigenvalue weighted by Gasteiger charge is -2.19. The van der Waals surface area contributed by atoms with Gasteiger partial charge in [0.2, 0.25) is 0 Å². The molecule has 0 saturated carbocycles. The lowest BCUT2D eigenvalue weighted by molar-refractivity contribution is 0.495. The van der Waals surface area contributed by atoms with E-state index in [1.165, 1.54) is 14.7 Å². The van der Waals surface area contributed by atoms with E-state index >= 15 is 0 Å². The van der Waals surface area contributed by atoms with Gasteiger partial charge in [0.25, 0.3) is 0 Å². The first kappa shape index (κ1) is 12.6. The van der Waals surface area contributed by atoms with Crippen LogP contribution >= 0.6 is 22.6 Å². The summed E-state index contributed by atoms with van der Waals surface area (Å²) in [7, 11) is 0. The molecule has 4 heteroatoms. The van der Waals surface area contributed by atoms with E-state index in [4.69, 9.17) is 0 Å². The van der Waals surface area contributed by atoms with Crippen molar-refractivity contribution in [2.45, 2.75) is 25.9 Å². The molecule has 0 aliphatic heterocycles. The van der Waals surface area contributed by atoms with Gasteiger partial charge in [-0.3, -0.25) is 5.10 Å². The van der Waals surface area contributed by atoms with Crippen LogP contribution in [0.1, 0.15) is 37.1 Å². The van der Waals surface area contributed by atoms with Crippen LogP contribution in [0, 0.1) is 3.57 Å². The number of benzene rings is 1. The van der Waals surface area contributed by atoms with Crippen molar-refractivity contribution in [3.8, 4) is 0 Å². The summed E-state index contributed by atoms with van der Waals surface area (Å²) in [5.74, 6) is 0. The normalized spacial score (nSPS) is 14.5. The number of hydrogen-bond donors (Lipinski definition) is 2. The van der Waals surface area contributed by atoms with Gasteiger partial charge in [-0.1, -0.05) is 12.1 Å². The van der Waals surface area contributed by atoms with Gasteiger partial charge in [-0.05, 0) is 54.1 Å². The summed E-state index contributed by atoms with van der Waals surface area (Å²) < 4.78 is 1.27. The minimum atomic E-state index is 0.294. The van der Waals surface area contributed by atoms with Gasteiger partial charge in [-0.2, -0.15) is 5.10 Å². The SMILES string of the molecule is CC(NC(C)c1cn[nH]c1)c1ccc(I)cc1. The smallest absolute Gasteiger partial charge is 0.0534 e. The second kappa shape index (κ2) is 5.64. The Morgan fingerprint density at radius 1 is 1.12 bits per heavy atom. The molecule has 90 valence electrons. The quantitative estimate of drug-likeness (QED) is 0.837. The van der Waals surface area contributed by atoms with Gasteiger partial charge in [0.05, 0.1) is 6.20 Å². The first-order chi connectivity index (χ1) is 8.16. The molecular weight excluding hydrogens is 325 g/mol. The van der Waals surface area contributed by atoms with Gasteiger partial charge in [0, 0.05) is 27.4 Å². The Hall–Kier alpha value is -0.880. The molecule has 3 nitrogen and oxygen atoms in total. The molecule has 0 radical (unpaired) electrons. The summed E-state index contributed by atoms with van der Waals surface area (Å²) in [6.45, 7) is 4.33. The first-order valence-corrected chi connectivity index (χ1v) is 6.75. The van der Waals surface area contributed by atoms with Crippen LogP contribution in [0.3, 0.4) is 0 Å². The van der Waals surface area contributed by atoms with E-state index < -0.39 is 0 Å². The van der Waals surface area contributed by atoms with E-state index in [0.717, 1.165) is 0 Å². The molecule has 0 spiro atoms. The van der Waals surface area contributed by atoms with Crippen LogP contribution in [-0.2, 0) is 0 Å². The van der Waals surface area contributed by atoms with Crippen LogP contribution in [0.2, 0.25) is 0 Å². The van der Waals surface area contributed by atoms with Crippen molar-refractivity contribution in [2.24, 2.45) is 0 Å². The van der Waals surface area contributed by atoms with Gasteiger partial charge in [0.1, 0.15) is 0 Å². The van der Waals surface area contributed by atoms with Gasteiger partial charge in [-0.25, -0.2) is 0 Å². The maximum atomic E-state index is 3.97. The largest absolute Gasteiger partial charge is 0.304 e. The number of aromatic nitrogens is 2. The van der Waals surface area contributed by atoms with Gasteiger partial charge in [-0.15, -0.1) is 0 Å². The molecular formula is C13H16IN3. The van der Waals surface area contributed by atoms with E-state index in [1.54, 1.807) is 0 Å². The number of aromatic amines is 1. The van der Waals surface area contributed by atoms with Crippen molar-refractivity contribution in [1.82, 2.24) is 15.5 Å². The van der Waals surface area contributed by atoms with Crippen molar-refractivity contribution < 1.29 is 0 Å². The molecule has 0 saturated heterocycles. The number of halogens is 1. The number of H-pyrrole nitrogens is 1. The summed E-state index contributed by atoms with van der Waals surface area (Å²) in [4.78, 5) is 0. The summed E-state index contributed by atoms with van der Waals surface area (Å²) in [6, 6.07) is 9.23. The molecule has 0 aliphatic rings. The van der Waals surface area contributed by atoms with Gasteiger partial charge in [0.15, 0.2) is 0 Å². The molecule has 0 bridgehead atoms. The molecule has 0 fully saturated rings. The number of nitrogens with zero attached hydrogens (tertiary/aromatic N) is 1. The van der Waals surface area contributed by atoms with Gasteiger partial charge < -0.3 is 5.32 Å². The third-order valence-corrected chi connectivity index (χ3v) is 3.61. The number of hydrogen-bond acceptors (Lipinski definition) is 2. The molecule has 17 heavy (non-hydrogen) atoms. The van der Waals surface area contributed by atoms with Crippen LogP contribution in [0.5, 0.6) is 0 Å². The molecule has 2 aromatic rings. The van der Waals surface area contributed by atoms with Crippen molar-refractivity contribution in [2.75, 3.05) is 0 Å². The molecule has 2 rings (SSSR count). The first-order valence-electron chi connectivity index (χ1n) is 5.67. The molecule has 2 unspecified atom stereocenters. The predicted octanol–water partition coefficient (Wildman–Crippen LogP) is 3.43. The third kappa shape index (κ3) is 3.29. The summed E-state index contributed by atoms with van der Waals surface area (Å²) in [6.07, 6.45) is 3.79. The minimum absolute atomic E-state index is 0.294. The number of rotatable bonds is 4. The monoisotopic (exact) mass is 341 g/mol. The van der Waals surface area contributed by atoms with Crippen LogP contribution in [-0.4, -0.2) is 10.2 Å². The maximum absolute atomic E-state index is 3.97. The lowest BCUT2D eigenvalue weighted by atomic mass is 10.1. The molecule has 0 aliphatic carbocycles. The van der Waals surface area contributed by atoms with E-state index in [1.807, 2.05) is 12.4 Å². The Labute approximate surface area is 115 Å². The fourth-order valence-electron chi connectivity index (χ4n) is 1.82. The van der Waals surface area contributed by atoms with Crippen LogP contribution in [0.4, 0.5) is 0 Å². The van der Waals surface area contributed by atoms with Crippen LogP contribution in [0.15, 0.2) is 36.7 Å². The zero-order valence-electron chi connectivity index (χ0n) is 9.94. The van der Waals surface area contributed by atoms with E-state index in [9.17, 15) is 0 Å². The number of nitrogens with one attached hydrogen (secondary N) is 2. The summed E-state index contributed by atoms with van der Waals surface area (Å²) in [5.41, 5.74) is 2.49. The van der Waals surface area contributed by atoms with E-state index in [2.05, 4.69) is 76.2 Å². The fourth-order valence-corrected chi connectivity index (χ4v) is 2.18. The minimum Gasteiger partial charge on any atom is -0.304 e. The van der Waals surface area contributed by atoms with E-state index in [-0.39, 0.29) is 0 Å². The van der Waals surface area contributed by atoms with E-state index in [0.29, 0.717) is 12.1 Å². The highest BCUT2D eigenvalue weighted by Crippen LogP contribution is 2.19. The Balaban J connectivity index is 2.01. The third-order valence-electron chi connectivity index (χ3n) is 2.89. The topological polar surface area (TPSA) is 40.7 Å². The fraction of sp³-hybridized carbons (Fsp3) is 0.308. The Morgan fingerprint density at radius 2 is 1.76 bits per heavy atom. The molecule has 2 atom stereocenters. The van der Waals surface area contributed by atoms with Crippen molar-refractivity contribution in [3.05, 3.63) is 51.4 Å². The average molecular weight is 341 g/mol. The summed E-state index contributed by atoms with van der Waals surface area (Å²) in [5, 5.41) is 10.4. The second-order valence-corrected chi connectivity index (χ2v) is 5.44. The molecule has 0 amide bonds. The average Bonchev–Trinajstić information content (AvgIpc) is 2.83.